The van der Waals surface area contributed by atoms with Gasteiger partial charge in [0.2, 0.25) is 5.91 Å². The number of carbonyl (C=O) groups is 2. The van der Waals surface area contributed by atoms with E-state index in [0.717, 1.165) is 28.0 Å². The molecule has 1 heterocycles. The molecule has 5 nitrogen and oxygen atoms in total. The van der Waals surface area contributed by atoms with Gasteiger partial charge in [-0.3, -0.25) is 9.59 Å². The van der Waals surface area contributed by atoms with Crippen LogP contribution in [0.2, 0.25) is 0 Å². The second-order valence-electron chi connectivity index (χ2n) is 7.93. The number of amides is 1. The maximum absolute atomic E-state index is 13.3. The fourth-order valence-electron chi connectivity index (χ4n) is 4.65. The van der Waals surface area contributed by atoms with Crippen LogP contribution in [0.15, 0.2) is 53.7 Å². The first-order chi connectivity index (χ1) is 14.5. The Morgan fingerprint density at radius 2 is 1.83 bits per heavy atom. The Morgan fingerprint density at radius 3 is 2.57 bits per heavy atom. The van der Waals surface area contributed by atoms with E-state index < -0.39 is 0 Å². The number of ether oxygens (including phenoxy) is 2. The summed E-state index contributed by atoms with van der Waals surface area (Å²) in [7, 11) is 1.61. The minimum Gasteiger partial charge on any atom is -0.493 e. The van der Waals surface area contributed by atoms with Gasteiger partial charge in [-0.1, -0.05) is 30.3 Å². The Hall–Kier alpha value is -3.08. The molecule has 5 heteroatoms. The third kappa shape index (κ3) is 3.72. The smallest absolute Gasteiger partial charge is 0.225 e. The van der Waals surface area contributed by atoms with E-state index in [9.17, 15) is 9.59 Å². The lowest BCUT2D eigenvalue weighted by Crippen LogP contribution is -2.38. The van der Waals surface area contributed by atoms with Gasteiger partial charge in [0.1, 0.15) is 0 Å². The molecular weight excluding hydrogens is 378 g/mol. The first kappa shape index (κ1) is 20.2. The van der Waals surface area contributed by atoms with E-state index in [-0.39, 0.29) is 23.5 Å². The molecule has 0 aromatic heterocycles. The molecule has 2 atom stereocenters. The highest BCUT2D eigenvalue weighted by molar-refractivity contribution is 6.02. The van der Waals surface area contributed by atoms with E-state index in [4.69, 9.17) is 9.47 Å². The van der Waals surface area contributed by atoms with Crippen molar-refractivity contribution in [2.45, 2.75) is 44.9 Å². The van der Waals surface area contributed by atoms with Crippen LogP contribution in [0.25, 0.3) is 0 Å². The van der Waals surface area contributed by atoms with Crippen molar-refractivity contribution < 1.29 is 19.1 Å². The minimum atomic E-state index is -0.168. The topological polar surface area (TPSA) is 64.6 Å². The molecule has 4 rings (SSSR count). The highest BCUT2D eigenvalue weighted by atomic mass is 16.5. The second kappa shape index (κ2) is 8.34. The average Bonchev–Trinajstić information content (AvgIpc) is 2.73. The summed E-state index contributed by atoms with van der Waals surface area (Å²) in [6, 6.07) is 13.8. The quantitative estimate of drug-likeness (QED) is 0.800. The molecular formula is C25H27NO4. The predicted octanol–water partition coefficient (Wildman–Crippen LogP) is 4.41. The lowest BCUT2D eigenvalue weighted by atomic mass is 9.73. The van der Waals surface area contributed by atoms with Crippen molar-refractivity contribution in [3.8, 4) is 11.5 Å². The van der Waals surface area contributed by atoms with Gasteiger partial charge in [-0.25, -0.2) is 0 Å². The van der Waals surface area contributed by atoms with Crippen LogP contribution < -0.4 is 14.8 Å². The van der Waals surface area contributed by atoms with Crippen molar-refractivity contribution in [3.63, 3.8) is 0 Å². The number of ketones is 1. The van der Waals surface area contributed by atoms with Crippen LogP contribution in [0.1, 0.15) is 54.7 Å². The van der Waals surface area contributed by atoms with Crippen LogP contribution in [0.5, 0.6) is 11.5 Å². The number of hydrogen-bond donors (Lipinski definition) is 1. The van der Waals surface area contributed by atoms with Gasteiger partial charge in [0.05, 0.1) is 13.7 Å². The molecule has 0 radical (unpaired) electrons. The largest absolute Gasteiger partial charge is 0.493 e. The van der Waals surface area contributed by atoms with E-state index in [1.54, 1.807) is 7.11 Å². The molecule has 1 aliphatic carbocycles. The van der Waals surface area contributed by atoms with Crippen molar-refractivity contribution in [2.24, 2.45) is 0 Å². The fraction of sp³-hybridized carbons (Fsp3) is 0.360. The molecule has 0 saturated heterocycles. The lowest BCUT2D eigenvalue weighted by Gasteiger charge is -2.35. The van der Waals surface area contributed by atoms with Crippen molar-refractivity contribution in [2.75, 3.05) is 13.7 Å². The standard InChI is InChI=1S/C25H27NO4/c1-4-30-22-10-9-16(13-23(22)29-3)17-11-20-25(21(27)12-17)19(14-24(28)26-20)18-8-6-5-7-15(18)2/h5-10,13,17,19H,4,11-12,14H2,1-3H3,(H,26,28). The number of nitrogens with one attached hydrogen (secondary N) is 1. The van der Waals surface area contributed by atoms with Gasteiger partial charge >= 0.3 is 0 Å². The highest BCUT2D eigenvalue weighted by Crippen LogP contribution is 2.44. The molecule has 156 valence electrons. The number of Topliss-reactive ketones (excluding diaryl/α,β-unsaturated/α-hetero) is 1. The SMILES string of the molecule is CCOc1ccc(C2CC(=O)C3=C(C2)NC(=O)CC3c2ccccc2C)cc1OC. The van der Waals surface area contributed by atoms with Gasteiger partial charge in [-0.2, -0.15) is 0 Å². The van der Waals surface area contributed by atoms with Crippen LogP contribution in [-0.4, -0.2) is 25.4 Å². The fourth-order valence-corrected chi connectivity index (χ4v) is 4.65. The summed E-state index contributed by atoms with van der Waals surface area (Å²) in [6.07, 6.45) is 1.37. The average molecular weight is 405 g/mol. The Morgan fingerprint density at radius 1 is 1.03 bits per heavy atom. The van der Waals surface area contributed by atoms with E-state index in [1.807, 2.05) is 56.3 Å². The lowest BCUT2D eigenvalue weighted by molar-refractivity contribution is -0.122. The van der Waals surface area contributed by atoms with Gasteiger partial charge in [0.25, 0.3) is 0 Å². The number of methoxy groups -OCH3 is 1. The summed E-state index contributed by atoms with van der Waals surface area (Å²) in [5.74, 6) is 1.26. The number of benzene rings is 2. The van der Waals surface area contributed by atoms with Gasteiger partial charge < -0.3 is 14.8 Å². The molecule has 1 amide bonds. The molecule has 2 unspecified atom stereocenters. The third-order valence-corrected chi connectivity index (χ3v) is 6.06. The number of aryl methyl sites for hydroxylation is 1. The summed E-state index contributed by atoms with van der Waals surface area (Å²) < 4.78 is 11.1. The Bertz CT molecular complexity index is 1020. The van der Waals surface area contributed by atoms with E-state index in [2.05, 4.69) is 5.32 Å². The third-order valence-electron chi connectivity index (χ3n) is 6.06. The highest BCUT2D eigenvalue weighted by Gasteiger charge is 2.38. The summed E-state index contributed by atoms with van der Waals surface area (Å²) in [4.78, 5) is 25.8. The number of carbonyl (C=O) groups excluding carboxylic acids is 2. The summed E-state index contributed by atoms with van der Waals surface area (Å²) in [5, 5.41) is 2.99. The molecule has 1 N–H and O–H groups in total. The molecule has 0 fully saturated rings. The van der Waals surface area contributed by atoms with Crippen molar-refractivity contribution in [1.82, 2.24) is 5.32 Å². The summed E-state index contributed by atoms with van der Waals surface area (Å²) in [6.45, 7) is 4.52. The predicted molar refractivity (Wildman–Crippen MR) is 115 cm³/mol. The molecule has 2 aliphatic rings. The molecule has 0 spiro atoms. The zero-order valence-electron chi connectivity index (χ0n) is 17.7. The molecule has 2 aromatic rings. The zero-order valence-corrected chi connectivity index (χ0v) is 17.7. The van der Waals surface area contributed by atoms with Crippen LogP contribution in [0.3, 0.4) is 0 Å². The minimum absolute atomic E-state index is 0.00301. The summed E-state index contributed by atoms with van der Waals surface area (Å²) in [5.41, 5.74) is 4.73. The van der Waals surface area contributed by atoms with Crippen LogP contribution in [-0.2, 0) is 9.59 Å². The monoisotopic (exact) mass is 405 g/mol. The Balaban J connectivity index is 1.69. The van der Waals surface area contributed by atoms with Gasteiger partial charge in [-0.05, 0) is 55.0 Å². The van der Waals surface area contributed by atoms with Gasteiger partial charge in [0.15, 0.2) is 17.3 Å². The van der Waals surface area contributed by atoms with Crippen molar-refractivity contribution >= 4 is 11.7 Å². The molecule has 30 heavy (non-hydrogen) atoms. The number of hydrogen-bond acceptors (Lipinski definition) is 4. The Kier molecular flexibility index (Phi) is 5.62. The first-order valence-electron chi connectivity index (χ1n) is 10.4. The van der Waals surface area contributed by atoms with Crippen molar-refractivity contribution in [1.29, 1.82) is 0 Å². The Labute approximate surface area is 177 Å². The first-order valence-corrected chi connectivity index (χ1v) is 10.4. The normalized spacial score (nSPS) is 21.2. The van der Waals surface area contributed by atoms with Crippen LogP contribution in [0, 0.1) is 6.92 Å². The molecule has 0 saturated carbocycles. The van der Waals surface area contributed by atoms with E-state index in [0.29, 0.717) is 37.4 Å². The van der Waals surface area contributed by atoms with E-state index >= 15 is 0 Å². The number of allylic oxidation sites excluding steroid dienone is 2. The molecule has 0 bridgehead atoms. The van der Waals surface area contributed by atoms with Gasteiger partial charge in [0, 0.05) is 30.0 Å². The maximum Gasteiger partial charge on any atom is 0.225 e. The second-order valence-corrected chi connectivity index (χ2v) is 7.93. The zero-order chi connectivity index (χ0) is 21.3. The summed E-state index contributed by atoms with van der Waals surface area (Å²) >= 11 is 0. The van der Waals surface area contributed by atoms with Crippen LogP contribution >= 0.6 is 0 Å². The molecule has 1 aliphatic heterocycles. The van der Waals surface area contributed by atoms with E-state index in [1.165, 1.54) is 0 Å². The van der Waals surface area contributed by atoms with Crippen LogP contribution in [0.4, 0.5) is 0 Å². The van der Waals surface area contributed by atoms with Crippen molar-refractivity contribution in [3.05, 3.63) is 70.4 Å². The number of rotatable bonds is 5. The molecule has 2 aromatic carbocycles. The maximum atomic E-state index is 13.3. The van der Waals surface area contributed by atoms with Gasteiger partial charge in [-0.15, -0.1) is 0 Å².